The van der Waals surface area contributed by atoms with Gasteiger partial charge in [-0.15, -0.1) is 0 Å². The summed E-state index contributed by atoms with van der Waals surface area (Å²) in [5.74, 6) is -1.31. The predicted molar refractivity (Wildman–Crippen MR) is 216 cm³/mol. The summed E-state index contributed by atoms with van der Waals surface area (Å²) >= 11 is 0. The quantitative estimate of drug-likeness (QED) is 0.0468. The Labute approximate surface area is 346 Å². The van der Waals surface area contributed by atoms with Crippen molar-refractivity contribution in [1.29, 1.82) is 0 Å². The van der Waals surface area contributed by atoms with Gasteiger partial charge in [0.2, 0.25) is 11.7 Å². The lowest BCUT2D eigenvalue weighted by molar-refractivity contribution is -0.385. The predicted octanol–water partition coefficient (Wildman–Crippen LogP) is 9.47. The molecule has 0 amide bonds. The lowest BCUT2D eigenvalue weighted by Gasteiger charge is -2.27. The molecule has 3 aromatic carbocycles. The molecule has 4 heterocycles. The Morgan fingerprint density at radius 3 is 2.36 bits per heavy atom. The Bertz CT molecular complexity index is 2680. The van der Waals surface area contributed by atoms with Gasteiger partial charge in [-0.25, -0.2) is 33.0 Å². The molecule has 20 heteroatoms. The number of methoxy groups -OCH3 is 1. The van der Waals surface area contributed by atoms with E-state index >= 15 is 4.39 Å². The van der Waals surface area contributed by atoms with Gasteiger partial charge in [-0.2, -0.15) is 18.3 Å². The Balaban J connectivity index is 1.32. The fourth-order valence-electron chi connectivity index (χ4n) is 7.43. The van der Waals surface area contributed by atoms with E-state index in [1.807, 2.05) is 32.0 Å². The average molecular weight is 866 g/mol. The minimum atomic E-state index is -4.62. The van der Waals surface area contributed by atoms with E-state index in [0.29, 0.717) is 53.7 Å². The number of hydrogen-bond acceptors (Lipinski definition) is 12. The van der Waals surface area contributed by atoms with Crippen LogP contribution in [0.1, 0.15) is 54.3 Å². The summed E-state index contributed by atoms with van der Waals surface area (Å²) in [7, 11) is -2.41. The topological polar surface area (TPSA) is 166 Å². The van der Waals surface area contributed by atoms with E-state index in [1.165, 1.54) is 38.2 Å². The Morgan fingerprint density at radius 2 is 1.74 bits per heavy atom. The van der Waals surface area contributed by atoms with E-state index in [1.54, 1.807) is 22.6 Å². The number of ether oxygens (including phenoxy) is 2. The highest BCUT2D eigenvalue weighted by Gasteiger charge is 2.34. The molecule has 0 saturated heterocycles. The highest BCUT2D eigenvalue weighted by Crippen LogP contribution is 2.47. The number of alkyl halides is 3. The number of rotatable bonds is 13. The zero-order valence-electron chi connectivity index (χ0n) is 33.7. The summed E-state index contributed by atoms with van der Waals surface area (Å²) in [6.45, 7) is 6.85. The van der Waals surface area contributed by atoms with E-state index < -0.39 is 48.5 Å². The number of hydrogen-bond donors (Lipinski definition) is 0. The first-order valence-electron chi connectivity index (χ1n) is 19.2. The van der Waals surface area contributed by atoms with E-state index in [0.717, 1.165) is 39.8 Å². The van der Waals surface area contributed by atoms with Crippen LogP contribution in [-0.2, 0) is 52.4 Å². The molecule has 0 fully saturated rings. The van der Waals surface area contributed by atoms with Crippen LogP contribution < -0.4 is 14.2 Å². The van der Waals surface area contributed by atoms with Crippen molar-refractivity contribution in [1.82, 2.24) is 24.3 Å². The van der Waals surface area contributed by atoms with Crippen LogP contribution in [0, 0.1) is 15.9 Å². The van der Waals surface area contributed by atoms with Crippen LogP contribution in [0.15, 0.2) is 67.1 Å². The maximum absolute atomic E-state index is 16.5. The number of nitro benzene ring substituents is 1. The standard InChI is InChI=1S/C41H40F4N7O8P/c1-6-25-10-9-11-26(7-2)35(25)51-36(30-22-49(16-15-32(30)48-51)39-46-20-27(21-47-39)41(43,44)45)29-19-31(42)38(57-4)37-28(29)14-17-50(37)40(53)58-23-24-12-13-34(33(18-24)52(54)55)60-61(5,56)59-8-3/h9-14,17-21H,6-8,15-16,22-23H2,1-5H3. The van der Waals surface area contributed by atoms with Gasteiger partial charge in [-0.3, -0.25) is 10.1 Å². The van der Waals surface area contributed by atoms with Crippen LogP contribution in [0.3, 0.4) is 0 Å². The van der Waals surface area contributed by atoms with Crippen molar-refractivity contribution in [2.24, 2.45) is 0 Å². The normalized spacial score (nSPS) is 13.8. The number of nitro groups is 1. The van der Waals surface area contributed by atoms with Gasteiger partial charge < -0.3 is 23.4 Å². The summed E-state index contributed by atoms with van der Waals surface area (Å²) in [6, 6.07) is 12.5. The third-order valence-electron chi connectivity index (χ3n) is 10.2. The summed E-state index contributed by atoms with van der Waals surface area (Å²) in [5, 5.41) is 17.4. The number of carbonyl (C=O) groups is 1. The van der Waals surface area contributed by atoms with Crippen molar-refractivity contribution in [3.05, 3.63) is 117 Å². The van der Waals surface area contributed by atoms with Gasteiger partial charge in [0.15, 0.2) is 11.6 Å². The maximum atomic E-state index is 16.5. The molecule has 1 unspecified atom stereocenters. The third kappa shape index (κ3) is 8.39. The van der Waals surface area contributed by atoms with Crippen molar-refractivity contribution in [2.75, 3.05) is 31.8 Å². The van der Waals surface area contributed by atoms with Gasteiger partial charge >= 0.3 is 25.6 Å². The van der Waals surface area contributed by atoms with Crippen LogP contribution in [0.2, 0.25) is 0 Å². The van der Waals surface area contributed by atoms with Crippen molar-refractivity contribution >= 4 is 36.2 Å². The number of halogens is 4. The van der Waals surface area contributed by atoms with E-state index in [2.05, 4.69) is 9.97 Å². The maximum Gasteiger partial charge on any atom is 0.419 e. The molecule has 1 aliphatic rings. The second kappa shape index (κ2) is 17.0. The van der Waals surface area contributed by atoms with Crippen molar-refractivity contribution < 1.29 is 50.4 Å². The van der Waals surface area contributed by atoms with Crippen LogP contribution in [0.4, 0.5) is 34.0 Å². The first-order valence-corrected chi connectivity index (χ1v) is 21.2. The molecule has 7 rings (SSSR count). The van der Waals surface area contributed by atoms with Crippen LogP contribution in [0.5, 0.6) is 11.5 Å². The molecule has 6 aromatic rings. The second-order valence-electron chi connectivity index (χ2n) is 14.0. The molecule has 1 aliphatic heterocycles. The van der Waals surface area contributed by atoms with Crippen molar-refractivity contribution in [2.45, 2.75) is 59.4 Å². The molecule has 1 atom stereocenters. The largest absolute Gasteiger partial charge is 0.492 e. The zero-order valence-corrected chi connectivity index (χ0v) is 34.6. The number of para-hydroxylation sites is 1. The average Bonchev–Trinajstić information content (AvgIpc) is 3.84. The van der Waals surface area contributed by atoms with Gasteiger partial charge in [0.1, 0.15) is 12.1 Å². The number of nitrogens with zero attached hydrogens (tertiary/aromatic N) is 7. The molecule has 15 nitrogen and oxygen atoms in total. The molecule has 0 N–H and O–H groups in total. The van der Waals surface area contributed by atoms with Gasteiger partial charge in [0, 0.05) is 67.3 Å². The molecule has 0 aliphatic carbocycles. The van der Waals surface area contributed by atoms with Gasteiger partial charge in [-0.05, 0) is 54.7 Å². The molecule has 0 bridgehead atoms. The fourth-order valence-corrected chi connectivity index (χ4v) is 8.47. The molecule has 3 aromatic heterocycles. The lowest BCUT2D eigenvalue weighted by atomic mass is 9.97. The van der Waals surface area contributed by atoms with Crippen LogP contribution >= 0.6 is 7.60 Å². The summed E-state index contributed by atoms with van der Waals surface area (Å²) < 4.78 is 93.5. The number of benzene rings is 3. The van der Waals surface area contributed by atoms with E-state index in [9.17, 15) is 32.6 Å². The molecular formula is C41H40F4N7O8P. The summed E-state index contributed by atoms with van der Waals surface area (Å²) in [6.07, 6.45) is -1.09. The van der Waals surface area contributed by atoms with Crippen molar-refractivity contribution in [3.8, 4) is 28.4 Å². The second-order valence-corrected chi connectivity index (χ2v) is 16.0. The first kappa shape index (κ1) is 42.8. The van der Waals surface area contributed by atoms with E-state index in [4.69, 9.17) is 23.6 Å². The third-order valence-corrected chi connectivity index (χ3v) is 11.5. The Morgan fingerprint density at radius 1 is 1.03 bits per heavy atom. The van der Waals surface area contributed by atoms with Gasteiger partial charge in [0.05, 0.1) is 41.3 Å². The van der Waals surface area contributed by atoms with Gasteiger partial charge in [0.25, 0.3) is 0 Å². The number of anilines is 1. The molecular weight excluding hydrogens is 825 g/mol. The highest BCUT2D eigenvalue weighted by atomic mass is 31.2. The number of carbonyl (C=O) groups excluding carboxylic acids is 1. The Kier molecular flexibility index (Phi) is 11.9. The van der Waals surface area contributed by atoms with Gasteiger partial charge in [-0.1, -0.05) is 38.1 Å². The molecule has 0 radical (unpaired) electrons. The van der Waals surface area contributed by atoms with Crippen molar-refractivity contribution in [3.63, 3.8) is 0 Å². The monoisotopic (exact) mass is 865 g/mol. The van der Waals surface area contributed by atoms with Crippen LogP contribution in [0.25, 0.3) is 27.8 Å². The zero-order chi connectivity index (χ0) is 43.8. The minimum Gasteiger partial charge on any atom is -0.492 e. The molecule has 0 spiro atoms. The summed E-state index contributed by atoms with van der Waals surface area (Å²) in [5.41, 5.74) is 3.57. The fraction of sp³-hybridized carbons (Fsp3) is 0.317. The number of aryl methyl sites for hydroxylation is 2. The molecule has 320 valence electrons. The molecule has 0 saturated carbocycles. The molecule has 61 heavy (non-hydrogen) atoms. The van der Waals surface area contributed by atoms with Crippen LogP contribution in [-0.4, -0.2) is 62.3 Å². The SMILES string of the molecule is CCOP(C)(=O)Oc1ccc(COC(=O)n2ccc3c(-c4c5c(nn4-c4c(CC)cccc4CC)CCN(c4ncc(C(F)(F)F)cn4)C5)cc(F)c(OC)c32)cc1[N+](=O)[O-]. The lowest BCUT2D eigenvalue weighted by Crippen LogP contribution is -2.31. The smallest absolute Gasteiger partial charge is 0.419 e. The Hall–Kier alpha value is -6.33. The van der Waals surface area contributed by atoms with E-state index in [-0.39, 0.29) is 41.7 Å². The number of aromatic nitrogens is 5. The minimum absolute atomic E-state index is 0.0200. The number of fused-ring (bicyclic) bond motifs is 2. The highest BCUT2D eigenvalue weighted by molar-refractivity contribution is 7.53. The summed E-state index contributed by atoms with van der Waals surface area (Å²) in [4.78, 5) is 34.8. The first-order chi connectivity index (χ1) is 29.1.